The van der Waals surface area contributed by atoms with Gasteiger partial charge in [-0.1, -0.05) is 11.8 Å². The highest BCUT2D eigenvalue weighted by Crippen LogP contribution is 2.53. The smallest absolute Gasteiger partial charge is 0.410 e. The molecule has 2 spiro atoms. The van der Waals surface area contributed by atoms with Crippen molar-refractivity contribution in [2.45, 2.75) is 96.7 Å². The van der Waals surface area contributed by atoms with Crippen molar-refractivity contribution in [3.05, 3.63) is 0 Å². The molecule has 0 aromatic heterocycles. The highest BCUT2D eigenvalue weighted by molar-refractivity contribution is 8.14. The monoisotopic (exact) mass is 562 g/mol. The molecular formula is C25H42N2O8S2. The number of thioether (sulfide) groups is 1. The van der Waals surface area contributed by atoms with Crippen molar-refractivity contribution < 1.29 is 36.5 Å². The van der Waals surface area contributed by atoms with Gasteiger partial charge in [0, 0.05) is 49.2 Å². The molecule has 0 bridgehead atoms. The fraction of sp³-hybridized carbons (Fsp3) is 0.880. The Hall–Kier alpha value is -1.53. The van der Waals surface area contributed by atoms with Crippen LogP contribution in [-0.2, 0) is 28.6 Å². The normalized spacial score (nSPS) is 22.6. The minimum Gasteiger partial charge on any atom is -0.444 e. The van der Waals surface area contributed by atoms with Gasteiger partial charge in [0.05, 0.1) is 12.4 Å². The van der Waals surface area contributed by atoms with Gasteiger partial charge >= 0.3 is 12.2 Å². The lowest BCUT2D eigenvalue weighted by Crippen LogP contribution is -2.65. The summed E-state index contributed by atoms with van der Waals surface area (Å²) in [6.07, 6.45) is 3.81. The maximum Gasteiger partial charge on any atom is 0.410 e. The van der Waals surface area contributed by atoms with Crippen LogP contribution in [0.25, 0.3) is 0 Å². The predicted octanol–water partition coefficient (Wildman–Crippen LogP) is 4.03. The van der Waals surface area contributed by atoms with E-state index in [2.05, 4.69) is 0 Å². The van der Waals surface area contributed by atoms with Crippen LogP contribution in [0.3, 0.4) is 0 Å². The summed E-state index contributed by atoms with van der Waals surface area (Å²) in [5, 5.41) is 0.654. The fourth-order valence-corrected chi connectivity index (χ4v) is 7.37. The first kappa shape index (κ1) is 30.0. The molecule has 2 saturated heterocycles. The maximum absolute atomic E-state index is 11.8. The number of ether oxygens (including phenoxy) is 2. The first-order valence-electron chi connectivity index (χ1n) is 12.7. The lowest BCUT2D eigenvalue weighted by molar-refractivity contribution is -0.115. The van der Waals surface area contributed by atoms with E-state index in [-0.39, 0.29) is 34.2 Å². The summed E-state index contributed by atoms with van der Waals surface area (Å²) in [5.41, 5.74) is -0.579. The van der Waals surface area contributed by atoms with Crippen LogP contribution in [0, 0.1) is 10.8 Å². The van der Waals surface area contributed by atoms with Crippen LogP contribution in [0.5, 0.6) is 0 Å². The van der Waals surface area contributed by atoms with Crippen molar-refractivity contribution in [2.75, 3.05) is 32.4 Å². The van der Waals surface area contributed by atoms with Gasteiger partial charge in [-0.25, -0.2) is 9.59 Å². The highest BCUT2D eigenvalue weighted by atomic mass is 32.2. The number of carbonyl (C=O) groups excluding carboxylic acids is 3. The van der Waals surface area contributed by atoms with Crippen molar-refractivity contribution >= 4 is 39.2 Å². The molecule has 0 aromatic rings. The Morgan fingerprint density at radius 1 is 0.784 bits per heavy atom. The Labute approximate surface area is 225 Å². The van der Waals surface area contributed by atoms with Crippen molar-refractivity contribution in [1.29, 1.82) is 0 Å². The maximum atomic E-state index is 11.8. The van der Waals surface area contributed by atoms with E-state index in [4.69, 9.17) is 13.7 Å². The molecule has 0 aromatic carbocycles. The molecule has 2 amide bonds. The molecule has 2 saturated carbocycles. The lowest BCUT2D eigenvalue weighted by Gasteiger charge is -2.58. The second kappa shape index (κ2) is 10.2. The van der Waals surface area contributed by atoms with Gasteiger partial charge < -0.3 is 19.3 Å². The number of likely N-dealkylation sites (tertiary alicyclic amines) is 2. The number of amides is 2. The molecule has 2 aliphatic heterocycles. The van der Waals surface area contributed by atoms with Crippen LogP contribution in [-0.4, -0.2) is 90.5 Å². The van der Waals surface area contributed by atoms with Crippen LogP contribution in [0.2, 0.25) is 0 Å². The van der Waals surface area contributed by atoms with Crippen LogP contribution in [0.1, 0.15) is 74.1 Å². The van der Waals surface area contributed by atoms with E-state index in [9.17, 15) is 22.8 Å². The molecule has 10 nitrogen and oxygen atoms in total. The molecule has 2 heterocycles. The minimum absolute atomic E-state index is 0.0479. The summed E-state index contributed by atoms with van der Waals surface area (Å²) in [4.78, 5) is 37.9. The number of carbonyl (C=O) groups is 3. The second-order valence-electron chi connectivity index (χ2n) is 13.1. The Morgan fingerprint density at radius 2 is 1.16 bits per heavy atom. The first-order chi connectivity index (χ1) is 16.7. The number of hydrogen-bond donors (Lipinski definition) is 0. The molecule has 0 unspecified atom stereocenters. The third-order valence-electron chi connectivity index (χ3n) is 6.69. The molecule has 4 rings (SSSR count). The van der Waals surface area contributed by atoms with Gasteiger partial charge in [0.1, 0.15) is 11.2 Å². The molecule has 37 heavy (non-hydrogen) atoms. The Kier molecular flexibility index (Phi) is 8.29. The Bertz CT molecular complexity index is 987. The van der Waals surface area contributed by atoms with Gasteiger partial charge in [-0.05, 0) is 67.2 Å². The average Bonchev–Trinajstić information content (AvgIpc) is 2.52. The molecule has 4 fully saturated rings. The molecule has 12 heteroatoms. The van der Waals surface area contributed by atoms with Crippen molar-refractivity contribution in [1.82, 2.24) is 9.80 Å². The fourth-order valence-electron chi connectivity index (χ4n) is 5.40. The summed E-state index contributed by atoms with van der Waals surface area (Å²) >= 11 is 1.44. The van der Waals surface area contributed by atoms with E-state index in [0.717, 1.165) is 32.2 Å². The van der Waals surface area contributed by atoms with E-state index >= 15 is 0 Å². The topological polar surface area (TPSA) is 120 Å². The van der Waals surface area contributed by atoms with E-state index in [1.807, 2.05) is 41.5 Å². The largest absolute Gasteiger partial charge is 0.444 e. The third-order valence-corrected chi connectivity index (χ3v) is 8.32. The van der Waals surface area contributed by atoms with Gasteiger partial charge in [-0.2, -0.15) is 8.42 Å². The Balaban J connectivity index is 0.000000206. The zero-order valence-electron chi connectivity index (χ0n) is 23.3. The SMILES string of the molecule is CC(=O)SC1CC2(C1)CN(C(=O)OC(C)(C)C)C2.CC(C)(C)OC(=O)N1CC2(CC(OS(C)(=O)=O)C2)C1. The Morgan fingerprint density at radius 3 is 1.49 bits per heavy atom. The number of nitrogens with zero attached hydrogens (tertiary/aromatic N) is 2. The molecule has 0 atom stereocenters. The summed E-state index contributed by atoms with van der Waals surface area (Å²) < 4.78 is 37.5. The van der Waals surface area contributed by atoms with Gasteiger partial charge in [-0.3, -0.25) is 8.98 Å². The standard InChI is InChI=1S/C13H21NO3S.C12H21NO5S/c1-9(15)18-10-5-13(6-10)7-14(8-13)11(16)17-12(2,3)4;1-11(2,3)17-10(14)13-7-12(8-13)5-9(6-12)18-19(4,15)16/h10H,5-8H2,1-4H3;9H,5-8H2,1-4H3. The van der Waals surface area contributed by atoms with Crippen LogP contribution in [0.4, 0.5) is 9.59 Å². The van der Waals surface area contributed by atoms with E-state index in [1.54, 1.807) is 16.7 Å². The predicted molar refractivity (Wildman–Crippen MR) is 141 cm³/mol. The molecule has 212 valence electrons. The third kappa shape index (κ3) is 8.48. The van der Waals surface area contributed by atoms with Crippen molar-refractivity contribution in [2.24, 2.45) is 10.8 Å². The quantitative estimate of drug-likeness (QED) is 0.470. The second-order valence-corrected chi connectivity index (χ2v) is 16.2. The zero-order chi connectivity index (χ0) is 28.0. The molecular weight excluding hydrogens is 520 g/mol. The molecule has 0 radical (unpaired) electrons. The van der Waals surface area contributed by atoms with Gasteiger partial charge in [0.15, 0.2) is 5.12 Å². The average molecular weight is 563 g/mol. The van der Waals surface area contributed by atoms with Crippen molar-refractivity contribution in [3.63, 3.8) is 0 Å². The summed E-state index contributed by atoms with van der Waals surface area (Å²) in [6.45, 7) is 15.6. The zero-order valence-corrected chi connectivity index (χ0v) is 24.9. The first-order valence-corrected chi connectivity index (χ1v) is 15.4. The van der Waals surface area contributed by atoms with E-state index in [1.165, 1.54) is 11.8 Å². The van der Waals surface area contributed by atoms with Crippen LogP contribution < -0.4 is 0 Å². The highest BCUT2D eigenvalue weighted by Gasteiger charge is 2.56. The van der Waals surface area contributed by atoms with Crippen LogP contribution >= 0.6 is 11.8 Å². The van der Waals surface area contributed by atoms with Crippen molar-refractivity contribution in [3.8, 4) is 0 Å². The van der Waals surface area contributed by atoms with Gasteiger partial charge in [0.25, 0.3) is 10.1 Å². The molecule has 0 N–H and O–H groups in total. The lowest BCUT2D eigenvalue weighted by atomic mass is 9.62. The minimum atomic E-state index is -3.38. The van der Waals surface area contributed by atoms with Gasteiger partial charge in [0.2, 0.25) is 0 Å². The molecule has 2 aliphatic carbocycles. The summed E-state index contributed by atoms with van der Waals surface area (Å²) in [5.74, 6) is 0. The van der Waals surface area contributed by atoms with Crippen LogP contribution in [0.15, 0.2) is 0 Å². The summed E-state index contributed by atoms with van der Waals surface area (Å²) in [6, 6.07) is 0. The van der Waals surface area contributed by atoms with E-state index < -0.39 is 21.3 Å². The molecule has 4 aliphatic rings. The van der Waals surface area contributed by atoms with E-state index in [0.29, 0.717) is 31.2 Å². The summed E-state index contributed by atoms with van der Waals surface area (Å²) in [7, 11) is -3.38. The number of rotatable bonds is 3. The number of hydrogen-bond acceptors (Lipinski definition) is 9. The van der Waals surface area contributed by atoms with Gasteiger partial charge in [-0.15, -0.1) is 0 Å².